The van der Waals surface area contributed by atoms with E-state index in [2.05, 4.69) is 29.3 Å². The molecule has 224 valence electrons. The Hall–Kier alpha value is -3.12. The minimum atomic E-state index is -0.922. The number of hydrogen-bond donors (Lipinski definition) is 3. The average molecular weight is 595 g/mol. The van der Waals surface area contributed by atoms with Gasteiger partial charge in [0.2, 0.25) is 5.91 Å². The van der Waals surface area contributed by atoms with Crippen LogP contribution in [0.15, 0.2) is 34.3 Å². The summed E-state index contributed by atoms with van der Waals surface area (Å²) in [4.78, 5) is 33.2. The molecule has 3 aliphatic rings. The van der Waals surface area contributed by atoms with Crippen LogP contribution in [0, 0.1) is 19.3 Å². The van der Waals surface area contributed by atoms with Crippen molar-refractivity contribution in [3.05, 3.63) is 58.1 Å². The number of β-amino-alcohol motifs (C(OH)–C–C–N with tert-alkyl or cyclic N) is 1. The number of rotatable bonds is 8. The number of benzene rings is 1. The van der Waals surface area contributed by atoms with E-state index in [1.54, 1.807) is 16.2 Å². The maximum absolute atomic E-state index is 14.2. The Morgan fingerprint density at radius 2 is 1.98 bits per heavy atom. The highest BCUT2D eigenvalue weighted by Gasteiger charge is 2.55. The van der Waals surface area contributed by atoms with Crippen LogP contribution < -0.4 is 5.32 Å². The van der Waals surface area contributed by atoms with Gasteiger partial charge in [-0.2, -0.15) is 0 Å². The molecule has 1 aliphatic carbocycles. The third-order valence-corrected chi connectivity index (χ3v) is 10.1. The van der Waals surface area contributed by atoms with Gasteiger partial charge < -0.3 is 24.4 Å². The van der Waals surface area contributed by atoms with Gasteiger partial charge in [0.1, 0.15) is 18.2 Å². The first-order chi connectivity index (χ1) is 20.0. The number of thiazole rings is 1. The zero-order valence-electron chi connectivity index (χ0n) is 24.4. The predicted molar refractivity (Wildman–Crippen MR) is 156 cm³/mol. The first-order valence-corrected chi connectivity index (χ1v) is 15.5. The van der Waals surface area contributed by atoms with Crippen molar-refractivity contribution in [1.82, 2.24) is 20.4 Å². The Morgan fingerprint density at radius 3 is 2.67 bits per heavy atom. The molecule has 0 spiro atoms. The van der Waals surface area contributed by atoms with Crippen LogP contribution in [0.3, 0.4) is 0 Å². The molecule has 6 atom stereocenters. The van der Waals surface area contributed by atoms with E-state index >= 15 is 0 Å². The summed E-state index contributed by atoms with van der Waals surface area (Å²) in [5.41, 5.74) is 6.15. The fourth-order valence-electron chi connectivity index (χ4n) is 6.82. The molecular weight excluding hydrogens is 556 g/mol. The lowest BCUT2D eigenvalue weighted by atomic mass is 9.74. The van der Waals surface area contributed by atoms with E-state index in [0.717, 1.165) is 52.2 Å². The van der Waals surface area contributed by atoms with Crippen molar-refractivity contribution in [2.75, 3.05) is 6.54 Å². The maximum Gasteiger partial charge on any atom is 0.305 e. The highest BCUT2D eigenvalue weighted by molar-refractivity contribution is 7.13. The Bertz CT molecular complexity index is 1470. The van der Waals surface area contributed by atoms with Crippen LogP contribution in [0.1, 0.15) is 79.8 Å². The monoisotopic (exact) mass is 594 g/mol. The van der Waals surface area contributed by atoms with Crippen molar-refractivity contribution < 1.29 is 29.1 Å². The van der Waals surface area contributed by atoms with Crippen LogP contribution >= 0.6 is 11.3 Å². The van der Waals surface area contributed by atoms with Gasteiger partial charge in [-0.3, -0.25) is 14.9 Å². The number of carbonyl (C=O) groups is 2. The lowest BCUT2D eigenvalue weighted by Gasteiger charge is -2.35. The smallest absolute Gasteiger partial charge is 0.305 e. The number of nitrogens with zero attached hydrogens (tertiary/aromatic N) is 3. The molecule has 11 heteroatoms. The van der Waals surface area contributed by atoms with Gasteiger partial charge in [-0.05, 0) is 56.1 Å². The van der Waals surface area contributed by atoms with Gasteiger partial charge in [-0.1, -0.05) is 43.3 Å². The van der Waals surface area contributed by atoms with E-state index in [4.69, 9.17) is 9.26 Å². The maximum atomic E-state index is 14.2. The number of likely N-dealkylation sites (tertiary alicyclic amines) is 1. The normalized spacial score (nSPS) is 27.4. The fourth-order valence-corrected chi connectivity index (χ4v) is 7.63. The molecule has 2 fully saturated rings. The van der Waals surface area contributed by atoms with Crippen LogP contribution in [0.2, 0.25) is 0 Å². The number of amides is 1. The van der Waals surface area contributed by atoms with Crippen LogP contribution in [-0.2, 0) is 20.7 Å². The van der Waals surface area contributed by atoms with Crippen LogP contribution in [0.25, 0.3) is 10.4 Å². The topological polar surface area (TPSA) is 141 Å². The fraction of sp³-hybridized carbons (Fsp3) is 0.548. The molecule has 10 nitrogen and oxygen atoms in total. The van der Waals surface area contributed by atoms with Gasteiger partial charge in [-0.15, -0.1) is 11.3 Å². The molecule has 3 aromatic rings. The molecule has 1 unspecified atom stereocenters. The number of aromatic nitrogens is 2. The standard InChI is InChI=1S/C31H38N4O6S/c1-16-21-6-5-11-31(3,4)25(26(21)41-34-16)30(39)35-14-20(36)12-23(35)27-29(40-27)33-22(13-24(37)38)18-7-9-19(10-8-18)28-17(2)32-15-42-28/h7-10,15,20,22-23,25,27,29,33,36H,5-6,11-14H2,1-4H3,(H,37,38)/t20-,22+,23+,25+,27+,29?/m1/s1. The quantitative estimate of drug-likeness (QED) is 0.256. The Balaban J connectivity index is 1.19. The predicted octanol–water partition coefficient (Wildman–Crippen LogP) is 4.35. The van der Waals surface area contributed by atoms with E-state index in [-0.39, 0.29) is 36.4 Å². The van der Waals surface area contributed by atoms with Crippen molar-refractivity contribution in [1.29, 1.82) is 0 Å². The zero-order chi connectivity index (χ0) is 29.8. The van der Waals surface area contributed by atoms with E-state index in [1.807, 2.05) is 43.6 Å². The highest BCUT2D eigenvalue weighted by atomic mass is 32.1. The second-order valence-electron chi connectivity index (χ2n) is 12.6. The molecule has 2 aromatic heterocycles. The van der Waals surface area contributed by atoms with Crippen molar-refractivity contribution in [2.24, 2.45) is 5.41 Å². The number of carbonyl (C=O) groups excluding carboxylic acids is 1. The summed E-state index contributed by atoms with van der Waals surface area (Å²) >= 11 is 1.57. The first kappa shape index (κ1) is 29.0. The third kappa shape index (κ3) is 5.50. The number of aliphatic hydroxyl groups is 1. The second kappa shape index (κ2) is 11.2. The van der Waals surface area contributed by atoms with Crippen LogP contribution in [0.5, 0.6) is 0 Å². The lowest BCUT2D eigenvalue weighted by Crippen LogP contribution is -2.46. The molecule has 0 bridgehead atoms. The Morgan fingerprint density at radius 1 is 1.21 bits per heavy atom. The minimum absolute atomic E-state index is 0.0777. The number of nitrogens with one attached hydrogen (secondary N) is 1. The lowest BCUT2D eigenvalue weighted by molar-refractivity contribution is -0.138. The second-order valence-corrected chi connectivity index (χ2v) is 13.4. The van der Waals surface area contributed by atoms with Gasteiger partial charge in [0, 0.05) is 18.2 Å². The number of fused-ring (bicyclic) bond motifs is 1. The summed E-state index contributed by atoms with van der Waals surface area (Å²) in [6.45, 7) is 8.30. The Labute approximate surface area is 249 Å². The summed E-state index contributed by atoms with van der Waals surface area (Å²) in [5.74, 6) is -0.861. The van der Waals surface area contributed by atoms with Crippen molar-refractivity contribution >= 4 is 23.2 Å². The van der Waals surface area contributed by atoms with E-state index in [0.29, 0.717) is 12.2 Å². The average Bonchev–Trinajstić information content (AvgIpc) is 3.20. The molecule has 1 amide bonds. The molecule has 3 N–H and O–H groups in total. The third-order valence-electron chi connectivity index (χ3n) is 9.13. The molecule has 1 aromatic carbocycles. The van der Waals surface area contributed by atoms with Crippen LogP contribution in [-0.4, -0.2) is 68.2 Å². The van der Waals surface area contributed by atoms with Gasteiger partial charge in [-0.25, -0.2) is 4.98 Å². The highest BCUT2D eigenvalue weighted by Crippen LogP contribution is 2.47. The minimum Gasteiger partial charge on any atom is -0.481 e. The molecule has 0 saturated carbocycles. The molecule has 4 heterocycles. The summed E-state index contributed by atoms with van der Waals surface area (Å²) in [7, 11) is 0. The SMILES string of the molecule is Cc1ncsc1-c1ccc([C@H](CC(=O)O)NC2O[C@H]2[C@@H]2C[C@@H](O)CN2C(=O)[C@@H]2c3onc(C)c3CCCC2(C)C)cc1. The molecule has 2 saturated heterocycles. The Kier molecular flexibility index (Phi) is 7.71. The van der Waals surface area contributed by atoms with Crippen LogP contribution in [0.4, 0.5) is 0 Å². The number of epoxide rings is 1. The van der Waals surface area contributed by atoms with Crippen molar-refractivity contribution in [3.8, 4) is 10.4 Å². The van der Waals surface area contributed by atoms with Gasteiger partial charge in [0.05, 0.1) is 40.3 Å². The number of carboxylic acid groups (broad SMARTS) is 1. The number of aliphatic hydroxyl groups excluding tert-OH is 1. The van der Waals surface area contributed by atoms with E-state index in [9.17, 15) is 19.8 Å². The summed E-state index contributed by atoms with van der Waals surface area (Å²) in [6, 6.07) is 7.03. The number of hydrogen-bond acceptors (Lipinski definition) is 9. The number of aliphatic carboxylic acids is 1. The van der Waals surface area contributed by atoms with Gasteiger partial charge in [0.25, 0.3) is 0 Å². The van der Waals surface area contributed by atoms with Gasteiger partial charge >= 0.3 is 5.97 Å². The molecule has 2 aliphatic heterocycles. The van der Waals surface area contributed by atoms with Crippen molar-refractivity contribution in [2.45, 2.75) is 96.2 Å². The van der Waals surface area contributed by atoms with E-state index in [1.165, 1.54) is 0 Å². The summed E-state index contributed by atoms with van der Waals surface area (Å²) in [5, 5.41) is 27.9. The summed E-state index contributed by atoms with van der Waals surface area (Å²) < 4.78 is 11.8. The number of aryl methyl sites for hydroxylation is 2. The summed E-state index contributed by atoms with van der Waals surface area (Å²) in [6.07, 6.45) is 1.48. The largest absolute Gasteiger partial charge is 0.481 e. The molecule has 42 heavy (non-hydrogen) atoms. The first-order valence-electron chi connectivity index (χ1n) is 14.6. The molecular formula is C31H38N4O6S. The van der Waals surface area contributed by atoms with E-state index < -0.39 is 30.3 Å². The van der Waals surface area contributed by atoms with Gasteiger partial charge in [0.15, 0.2) is 5.76 Å². The molecule has 0 radical (unpaired) electrons. The number of carboxylic acids is 1. The zero-order valence-corrected chi connectivity index (χ0v) is 25.2. The number of ether oxygens (including phenoxy) is 1. The molecule has 6 rings (SSSR count). The van der Waals surface area contributed by atoms with Crippen molar-refractivity contribution in [3.63, 3.8) is 0 Å².